The predicted molar refractivity (Wildman–Crippen MR) is 73.7 cm³/mol. The minimum Gasteiger partial charge on any atom is -0.481 e. The van der Waals surface area contributed by atoms with Crippen LogP contribution in [0.15, 0.2) is 18.2 Å². The minimum atomic E-state index is -0.923. The summed E-state index contributed by atoms with van der Waals surface area (Å²) in [6.45, 7) is 4.27. The molecule has 1 fully saturated rings. The molecule has 1 aliphatic heterocycles. The zero-order valence-corrected chi connectivity index (χ0v) is 11.9. The molecule has 2 rings (SSSR count). The van der Waals surface area contributed by atoms with Crippen LogP contribution in [0, 0.1) is 19.8 Å². The van der Waals surface area contributed by atoms with Gasteiger partial charge in [0, 0.05) is 12.6 Å². The monoisotopic (exact) mass is 277 g/mol. The molecular weight excluding hydrogens is 258 g/mol. The van der Waals surface area contributed by atoms with E-state index in [9.17, 15) is 9.59 Å². The minimum absolute atomic E-state index is 0.157. The van der Waals surface area contributed by atoms with Crippen molar-refractivity contribution in [2.45, 2.75) is 19.9 Å². The van der Waals surface area contributed by atoms with Crippen molar-refractivity contribution in [3.8, 4) is 0 Å². The molecule has 2 atom stereocenters. The Balaban J connectivity index is 2.24. The van der Waals surface area contributed by atoms with Crippen molar-refractivity contribution < 1.29 is 19.4 Å². The number of carboxylic acids is 1. The molecule has 1 aromatic carbocycles. The lowest BCUT2D eigenvalue weighted by atomic mass is 9.99. The number of rotatable bonds is 3. The molecule has 2 unspecified atom stereocenters. The Bertz CT molecular complexity index is 541. The summed E-state index contributed by atoms with van der Waals surface area (Å²) in [6, 6.07) is 5.14. The molecule has 5 nitrogen and oxygen atoms in total. The molecule has 1 saturated heterocycles. The maximum Gasteiger partial charge on any atom is 0.311 e. The summed E-state index contributed by atoms with van der Waals surface area (Å²) >= 11 is 0. The number of aliphatic carboxylic acids is 1. The molecule has 20 heavy (non-hydrogen) atoms. The Morgan fingerprint density at radius 3 is 2.65 bits per heavy atom. The molecule has 1 aliphatic rings. The first-order valence-electron chi connectivity index (χ1n) is 6.57. The second kappa shape index (κ2) is 5.63. The van der Waals surface area contributed by atoms with Crippen molar-refractivity contribution >= 4 is 11.9 Å². The van der Waals surface area contributed by atoms with Crippen LogP contribution < -0.4 is 0 Å². The lowest BCUT2D eigenvalue weighted by Crippen LogP contribution is -2.44. The second-order valence-electron chi connectivity index (χ2n) is 5.21. The summed E-state index contributed by atoms with van der Waals surface area (Å²) in [5, 5.41) is 9.17. The number of nitrogens with zero attached hydrogens (tertiary/aromatic N) is 1. The van der Waals surface area contributed by atoms with E-state index in [1.807, 2.05) is 26.0 Å². The number of carbonyl (C=O) groups excluding carboxylic acids is 1. The van der Waals surface area contributed by atoms with Gasteiger partial charge >= 0.3 is 5.97 Å². The van der Waals surface area contributed by atoms with Crippen molar-refractivity contribution in [1.82, 2.24) is 4.90 Å². The highest BCUT2D eigenvalue weighted by Crippen LogP contribution is 2.22. The molecule has 5 heteroatoms. The molecule has 0 saturated carbocycles. The van der Waals surface area contributed by atoms with E-state index in [0.717, 1.165) is 11.1 Å². The van der Waals surface area contributed by atoms with Crippen LogP contribution in [0.1, 0.15) is 21.5 Å². The molecule has 0 aliphatic carbocycles. The molecule has 1 amide bonds. The first kappa shape index (κ1) is 14.5. The van der Waals surface area contributed by atoms with Gasteiger partial charge in [-0.05, 0) is 31.0 Å². The number of hydrogen-bond acceptors (Lipinski definition) is 3. The van der Waals surface area contributed by atoms with Crippen LogP contribution in [0.3, 0.4) is 0 Å². The summed E-state index contributed by atoms with van der Waals surface area (Å²) in [5.74, 6) is -1.74. The maximum absolute atomic E-state index is 12.6. The standard InChI is InChI=1S/C15H19NO4/c1-9-5-4-6-11(10(9)2)14(17)16(3)13-8-20-7-12(13)15(18)19/h4-6,12-13H,7-8H2,1-3H3,(H,18,19). The molecular formula is C15H19NO4. The van der Waals surface area contributed by atoms with Gasteiger partial charge in [0.25, 0.3) is 5.91 Å². The predicted octanol–water partition coefficient (Wildman–Crippen LogP) is 1.48. The van der Waals surface area contributed by atoms with Crippen LogP contribution in [-0.4, -0.2) is 48.2 Å². The largest absolute Gasteiger partial charge is 0.481 e. The van der Waals surface area contributed by atoms with E-state index in [4.69, 9.17) is 9.84 Å². The van der Waals surface area contributed by atoms with E-state index in [0.29, 0.717) is 5.56 Å². The number of amides is 1. The van der Waals surface area contributed by atoms with E-state index in [1.165, 1.54) is 4.90 Å². The zero-order valence-electron chi connectivity index (χ0n) is 11.9. The molecule has 1 N–H and O–H groups in total. The summed E-state index contributed by atoms with van der Waals surface area (Å²) in [6.07, 6.45) is 0. The number of hydrogen-bond donors (Lipinski definition) is 1. The van der Waals surface area contributed by atoms with E-state index >= 15 is 0 Å². The number of likely N-dealkylation sites (N-methyl/N-ethyl adjacent to an activating group) is 1. The normalized spacial score (nSPS) is 21.8. The van der Waals surface area contributed by atoms with E-state index in [2.05, 4.69) is 0 Å². The van der Waals surface area contributed by atoms with Gasteiger partial charge in [0.2, 0.25) is 0 Å². The Hall–Kier alpha value is -1.88. The number of benzene rings is 1. The average Bonchev–Trinajstić information content (AvgIpc) is 2.89. The van der Waals surface area contributed by atoms with Gasteiger partial charge in [0.1, 0.15) is 5.92 Å². The highest BCUT2D eigenvalue weighted by atomic mass is 16.5. The highest BCUT2D eigenvalue weighted by molar-refractivity contribution is 5.96. The van der Waals surface area contributed by atoms with Gasteiger partial charge in [-0.2, -0.15) is 0 Å². The fraction of sp³-hybridized carbons (Fsp3) is 0.467. The Morgan fingerprint density at radius 2 is 2.00 bits per heavy atom. The Morgan fingerprint density at radius 1 is 1.30 bits per heavy atom. The van der Waals surface area contributed by atoms with Crippen molar-refractivity contribution in [2.75, 3.05) is 20.3 Å². The zero-order chi connectivity index (χ0) is 14.9. The summed E-state index contributed by atoms with van der Waals surface area (Å²) in [4.78, 5) is 25.2. The molecule has 0 bridgehead atoms. The van der Waals surface area contributed by atoms with Crippen LogP contribution in [0.2, 0.25) is 0 Å². The summed E-state index contributed by atoms with van der Waals surface area (Å²) in [5.41, 5.74) is 2.58. The first-order chi connectivity index (χ1) is 9.43. The van der Waals surface area contributed by atoms with Crippen molar-refractivity contribution in [1.29, 1.82) is 0 Å². The van der Waals surface area contributed by atoms with Gasteiger partial charge in [0.15, 0.2) is 0 Å². The quantitative estimate of drug-likeness (QED) is 0.908. The van der Waals surface area contributed by atoms with Crippen LogP contribution in [0.4, 0.5) is 0 Å². The van der Waals surface area contributed by atoms with Crippen molar-refractivity contribution in [2.24, 2.45) is 5.92 Å². The highest BCUT2D eigenvalue weighted by Gasteiger charge is 2.38. The third-order valence-corrected chi connectivity index (χ3v) is 4.02. The lowest BCUT2D eigenvalue weighted by Gasteiger charge is -2.27. The molecule has 108 valence electrons. The van der Waals surface area contributed by atoms with Gasteiger partial charge in [-0.15, -0.1) is 0 Å². The van der Waals surface area contributed by atoms with Crippen molar-refractivity contribution in [3.05, 3.63) is 34.9 Å². The Kier molecular flexibility index (Phi) is 4.09. The fourth-order valence-electron chi connectivity index (χ4n) is 2.48. The van der Waals surface area contributed by atoms with Crippen LogP contribution >= 0.6 is 0 Å². The molecule has 0 spiro atoms. The number of carboxylic acid groups (broad SMARTS) is 1. The first-order valence-corrected chi connectivity index (χ1v) is 6.57. The van der Waals surface area contributed by atoms with Crippen LogP contribution in [0.5, 0.6) is 0 Å². The van der Waals surface area contributed by atoms with Crippen LogP contribution in [0.25, 0.3) is 0 Å². The maximum atomic E-state index is 12.6. The van der Waals surface area contributed by atoms with Crippen molar-refractivity contribution in [3.63, 3.8) is 0 Å². The van der Waals surface area contributed by atoms with Gasteiger partial charge in [-0.25, -0.2) is 0 Å². The lowest BCUT2D eigenvalue weighted by molar-refractivity contribution is -0.142. The summed E-state index contributed by atoms with van der Waals surface area (Å²) in [7, 11) is 1.64. The third kappa shape index (κ3) is 2.54. The fourth-order valence-corrected chi connectivity index (χ4v) is 2.48. The number of carbonyl (C=O) groups is 2. The molecule has 0 radical (unpaired) electrons. The SMILES string of the molecule is Cc1cccc(C(=O)N(C)C2COCC2C(=O)O)c1C. The smallest absolute Gasteiger partial charge is 0.311 e. The third-order valence-electron chi connectivity index (χ3n) is 4.02. The average molecular weight is 277 g/mol. The molecule has 0 aromatic heterocycles. The van der Waals surface area contributed by atoms with Gasteiger partial charge in [-0.3, -0.25) is 9.59 Å². The number of ether oxygens (including phenoxy) is 1. The van der Waals surface area contributed by atoms with E-state index in [-0.39, 0.29) is 19.1 Å². The van der Waals surface area contributed by atoms with E-state index in [1.54, 1.807) is 13.1 Å². The summed E-state index contributed by atoms with van der Waals surface area (Å²) < 4.78 is 5.22. The van der Waals surface area contributed by atoms with Gasteiger partial charge in [-0.1, -0.05) is 12.1 Å². The molecule has 1 aromatic rings. The van der Waals surface area contributed by atoms with Gasteiger partial charge < -0.3 is 14.7 Å². The Labute approximate surface area is 118 Å². The number of aryl methyl sites for hydroxylation is 1. The topological polar surface area (TPSA) is 66.8 Å². The van der Waals surface area contributed by atoms with E-state index < -0.39 is 17.9 Å². The van der Waals surface area contributed by atoms with Gasteiger partial charge in [0.05, 0.1) is 19.3 Å². The molecule has 1 heterocycles. The second-order valence-corrected chi connectivity index (χ2v) is 5.21. The van der Waals surface area contributed by atoms with Crippen LogP contribution in [-0.2, 0) is 9.53 Å².